The van der Waals surface area contributed by atoms with Gasteiger partial charge in [-0.15, -0.1) is 0 Å². The lowest BCUT2D eigenvalue weighted by molar-refractivity contribution is 0.252. The van der Waals surface area contributed by atoms with Gasteiger partial charge in [-0.3, -0.25) is 4.68 Å². The molecule has 0 spiro atoms. The standard InChI is InChI=1S/C13H17N5O/c1-18-9-10(8-16-18)5-6-15-13(19)17-12-4-2-3-11(14)7-12/h2-4,7-9H,5-6,14H2,1H3,(H2,15,17,19). The molecule has 0 unspecified atom stereocenters. The van der Waals surface area contributed by atoms with E-state index < -0.39 is 0 Å². The van der Waals surface area contributed by atoms with Crippen LogP contribution < -0.4 is 16.4 Å². The number of aromatic nitrogens is 2. The molecule has 0 fully saturated rings. The monoisotopic (exact) mass is 259 g/mol. The lowest BCUT2D eigenvalue weighted by Crippen LogP contribution is -2.30. The van der Waals surface area contributed by atoms with Crippen LogP contribution in [-0.2, 0) is 13.5 Å². The molecule has 6 nitrogen and oxygen atoms in total. The first-order chi connectivity index (χ1) is 9.13. The van der Waals surface area contributed by atoms with E-state index in [0.29, 0.717) is 17.9 Å². The van der Waals surface area contributed by atoms with Gasteiger partial charge in [0.25, 0.3) is 0 Å². The average Bonchev–Trinajstić information content (AvgIpc) is 2.75. The first-order valence-corrected chi connectivity index (χ1v) is 6.01. The van der Waals surface area contributed by atoms with E-state index in [1.165, 1.54) is 0 Å². The molecule has 2 aromatic rings. The van der Waals surface area contributed by atoms with E-state index in [2.05, 4.69) is 15.7 Å². The van der Waals surface area contributed by atoms with Gasteiger partial charge < -0.3 is 16.4 Å². The number of anilines is 2. The largest absolute Gasteiger partial charge is 0.399 e. The Labute approximate surface area is 111 Å². The van der Waals surface area contributed by atoms with Gasteiger partial charge in [-0.05, 0) is 30.2 Å². The Bertz CT molecular complexity index is 564. The van der Waals surface area contributed by atoms with Crippen molar-refractivity contribution >= 4 is 17.4 Å². The highest BCUT2D eigenvalue weighted by atomic mass is 16.2. The second-order valence-corrected chi connectivity index (χ2v) is 4.28. The molecular formula is C13H17N5O. The molecule has 19 heavy (non-hydrogen) atoms. The summed E-state index contributed by atoms with van der Waals surface area (Å²) in [6, 6.07) is 6.82. The van der Waals surface area contributed by atoms with Crippen molar-refractivity contribution in [2.75, 3.05) is 17.6 Å². The van der Waals surface area contributed by atoms with Gasteiger partial charge in [-0.2, -0.15) is 5.10 Å². The fourth-order valence-electron chi connectivity index (χ4n) is 1.71. The van der Waals surface area contributed by atoms with E-state index in [9.17, 15) is 4.79 Å². The average molecular weight is 259 g/mol. The minimum absolute atomic E-state index is 0.241. The SMILES string of the molecule is Cn1cc(CCNC(=O)Nc2cccc(N)c2)cn1. The molecule has 6 heteroatoms. The zero-order chi connectivity index (χ0) is 13.7. The Kier molecular flexibility index (Phi) is 4.02. The Morgan fingerprint density at radius 2 is 2.32 bits per heavy atom. The number of aryl methyl sites for hydroxylation is 1. The van der Waals surface area contributed by atoms with E-state index in [-0.39, 0.29) is 6.03 Å². The number of nitrogen functional groups attached to an aromatic ring is 1. The molecule has 1 aromatic heterocycles. The molecule has 1 heterocycles. The second-order valence-electron chi connectivity index (χ2n) is 4.28. The third-order valence-electron chi connectivity index (χ3n) is 2.60. The van der Waals surface area contributed by atoms with Gasteiger partial charge in [0.15, 0.2) is 0 Å². The number of benzene rings is 1. The molecule has 1 aromatic carbocycles. The molecule has 0 saturated heterocycles. The molecule has 4 N–H and O–H groups in total. The minimum atomic E-state index is -0.241. The summed E-state index contributed by atoms with van der Waals surface area (Å²) < 4.78 is 1.74. The highest BCUT2D eigenvalue weighted by Crippen LogP contribution is 2.11. The molecule has 2 amide bonds. The van der Waals surface area contributed by atoms with Gasteiger partial charge in [0.2, 0.25) is 0 Å². The number of nitrogens with two attached hydrogens (primary N) is 1. The summed E-state index contributed by atoms with van der Waals surface area (Å²) in [5.41, 5.74) is 8.02. The summed E-state index contributed by atoms with van der Waals surface area (Å²) in [5.74, 6) is 0. The predicted molar refractivity (Wildman–Crippen MR) is 74.8 cm³/mol. The maximum absolute atomic E-state index is 11.6. The number of carbonyl (C=O) groups excluding carboxylic acids is 1. The van der Waals surface area contributed by atoms with Crippen molar-refractivity contribution in [3.63, 3.8) is 0 Å². The smallest absolute Gasteiger partial charge is 0.319 e. The second kappa shape index (κ2) is 5.90. The zero-order valence-electron chi connectivity index (χ0n) is 10.8. The van der Waals surface area contributed by atoms with E-state index in [0.717, 1.165) is 12.0 Å². The number of carbonyl (C=O) groups is 1. The van der Waals surface area contributed by atoms with Gasteiger partial charge >= 0.3 is 6.03 Å². The van der Waals surface area contributed by atoms with Crippen LogP contribution in [-0.4, -0.2) is 22.4 Å². The van der Waals surface area contributed by atoms with Crippen molar-refractivity contribution in [1.29, 1.82) is 0 Å². The number of rotatable bonds is 4. The van der Waals surface area contributed by atoms with Gasteiger partial charge in [0, 0.05) is 31.2 Å². The molecule has 0 radical (unpaired) electrons. The van der Waals surface area contributed by atoms with Gasteiger partial charge in [-0.1, -0.05) is 6.07 Å². The lowest BCUT2D eigenvalue weighted by Gasteiger charge is -2.07. The van der Waals surface area contributed by atoms with Gasteiger partial charge in [0.1, 0.15) is 0 Å². The Morgan fingerprint density at radius 3 is 3.00 bits per heavy atom. The summed E-state index contributed by atoms with van der Waals surface area (Å²) in [6.07, 6.45) is 4.47. The fourth-order valence-corrected chi connectivity index (χ4v) is 1.71. The maximum Gasteiger partial charge on any atom is 0.319 e. The Balaban J connectivity index is 1.76. The van der Waals surface area contributed by atoms with Crippen LogP contribution in [0.5, 0.6) is 0 Å². The van der Waals surface area contributed by atoms with E-state index in [1.807, 2.05) is 13.2 Å². The van der Waals surface area contributed by atoms with Crippen LogP contribution in [0.15, 0.2) is 36.7 Å². The van der Waals surface area contributed by atoms with Gasteiger partial charge in [-0.25, -0.2) is 4.79 Å². The molecule has 0 saturated carbocycles. The number of nitrogens with zero attached hydrogens (tertiary/aromatic N) is 2. The molecule has 0 aliphatic heterocycles. The van der Waals surface area contributed by atoms with E-state index in [4.69, 9.17) is 5.73 Å². The van der Waals surface area contributed by atoms with Crippen LogP contribution in [0.4, 0.5) is 16.2 Å². The maximum atomic E-state index is 11.6. The molecule has 0 aliphatic rings. The van der Waals surface area contributed by atoms with Crippen molar-refractivity contribution in [1.82, 2.24) is 15.1 Å². The van der Waals surface area contributed by atoms with Crippen LogP contribution in [0.1, 0.15) is 5.56 Å². The van der Waals surface area contributed by atoms with Crippen LogP contribution in [0.25, 0.3) is 0 Å². The number of hydrogen-bond acceptors (Lipinski definition) is 3. The first-order valence-electron chi connectivity index (χ1n) is 6.01. The molecule has 100 valence electrons. The zero-order valence-corrected chi connectivity index (χ0v) is 10.8. The van der Waals surface area contributed by atoms with Crippen LogP contribution in [0, 0.1) is 0 Å². The summed E-state index contributed by atoms with van der Waals surface area (Å²) in [6.45, 7) is 0.555. The van der Waals surface area contributed by atoms with Crippen molar-refractivity contribution in [3.05, 3.63) is 42.2 Å². The van der Waals surface area contributed by atoms with E-state index >= 15 is 0 Å². The van der Waals surface area contributed by atoms with Crippen LogP contribution in [0.3, 0.4) is 0 Å². The highest BCUT2D eigenvalue weighted by Gasteiger charge is 2.02. The third-order valence-corrected chi connectivity index (χ3v) is 2.60. The Morgan fingerprint density at radius 1 is 1.47 bits per heavy atom. The number of nitrogens with one attached hydrogen (secondary N) is 2. The van der Waals surface area contributed by atoms with Gasteiger partial charge in [0.05, 0.1) is 6.20 Å². The third kappa shape index (κ3) is 4.02. The first kappa shape index (κ1) is 12.9. The van der Waals surface area contributed by atoms with Crippen molar-refractivity contribution in [2.24, 2.45) is 7.05 Å². The Hall–Kier alpha value is -2.50. The number of urea groups is 1. The molecule has 0 aliphatic carbocycles. The lowest BCUT2D eigenvalue weighted by atomic mass is 10.2. The quantitative estimate of drug-likeness (QED) is 0.725. The predicted octanol–water partition coefficient (Wildman–Crippen LogP) is 1.37. The summed E-state index contributed by atoms with van der Waals surface area (Å²) in [4.78, 5) is 11.6. The highest BCUT2D eigenvalue weighted by molar-refractivity contribution is 5.89. The van der Waals surface area contributed by atoms with Crippen molar-refractivity contribution in [3.8, 4) is 0 Å². The molecule has 2 rings (SSSR count). The van der Waals surface area contributed by atoms with Crippen molar-refractivity contribution in [2.45, 2.75) is 6.42 Å². The number of amides is 2. The fraction of sp³-hybridized carbons (Fsp3) is 0.231. The molecule has 0 bridgehead atoms. The summed E-state index contributed by atoms with van der Waals surface area (Å²) in [7, 11) is 1.86. The van der Waals surface area contributed by atoms with Crippen LogP contribution >= 0.6 is 0 Å². The summed E-state index contributed by atoms with van der Waals surface area (Å²) >= 11 is 0. The van der Waals surface area contributed by atoms with Crippen molar-refractivity contribution < 1.29 is 4.79 Å². The van der Waals surface area contributed by atoms with Crippen LogP contribution in [0.2, 0.25) is 0 Å². The van der Waals surface area contributed by atoms with E-state index in [1.54, 1.807) is 35.1 Å². The topological polar surface area (TPSA) is 85.0 Å². The summed E-state index contributed by atoms with van der Waals surface area (Å²) in [5, 5.41) is 9.57. The molecule has 0 atom stereocenters. The minimum Gasteiger partial charge on any atom is -0.399 e. The normalized spacial score (nSPS) is 10.2. The molecular weight excluding hydrogens is 242 g/mol. The number of hydrogen-bond donors (Lipinski definition) is 3.